The van der Waals surface area contributed by atoms with Crippen LogP contribution in [-0.2, 0) is 9.84 Å². The number of carbonyl (C=O) groups excluding carboxylic acids is 1. The van der Waals surface area contributed by atoms with Crippen molar-refractivity contribution in [1.82, 2.24) is 0 Å². The van der Waals surface area contributed by atoms with E-state index < -0.39 is 20.8 Å². The van der Waals surface area contributed by atoms with E-state index in [1.54, 1.807) is 24.3 Å². The van der Waals surface area contributed by atoms with Crippen LogP contribution in [0.25, 0.3) is 0 Å². The highest BCUT2D eigenvalue weighted by Crippen LogP contribution is 2.21. The van der Waals surface area contributed by atoms with Gasteiger partial charge in [0.25, 0.3) is 0 Å². The van der Waals surface area contributed by atoms with Crippen molar-refractivity contribution in [3.63, 3.8) is 0 Å². The fourth-order valence-corrected chi connectivity index (χ4v) is 3.64. The minimum Gasteiger partial charge on any atom is -0.497 e. The Morgan fingerprint density at radius 1 is 1.32 bits per heavy atom. The third-order valence-corrected chi connectivity index (χ3v) is 5.26. The van der Waals surface area contributed by atoms with E-state index in [4.69, 9.17) is 4.74 Å². The first kappa shape index (κ1) is 13.8. The molecule has 0 aromatic heterocycles. The van der Waals surface area contributed by atoms with E-state index in [9.17, 15) is 13.2 Å². The van der Waals surface area contributed by atoms with E-state index in [-0.39, 0.29) is 5.78 Å². The van der Waals surface area contributed by atoms with Crippen molar-refractivity contribution in [2.45, 2.75) is 18.1 Å². The Hall–Kier alpha value is -1.62. The number of carbonyl (C=O) groups is 1. The number of hydrogen-bond donors (Lipinski definition) is 0. The summed E-state index contributed by atoms with van der Waals surface area (Å²) in [4.78, 5) is 12.0. The molecule has 0 aliphatic heterocycles. The van der Waals surface area contributed by atoms with Crippen LogP contribution >= 0.6 is 0 Å². The number of hydrogen-bond acceptors (Lipinski definition) is 4. The van der Waals surface area contributed by atoms with Gasteiger partial charge in [-0.25, -0.2) is 8.42 Å². The summed E-state index contributed by atoms with van der Waals surface area (Å²) in [6, 6.07) is 6.56. The van der Waals surface area contributed by atoms with Crippen LogP contribution in [0.5, 0.6) is 5.75 Å². The summed E-state index contributed by atoms with van der Waals surface area (Å²) < 4.78 is 29.2. The van der Waals surface area contributed by atoms with Gasteiger partial charge in [-0.1, -0.05) is 24.3 Å². The molecule has 0 amide bonds. The molecule has 1 aliphatic rings. The van der Waals surface area contributed by atoms with Crippen molar-refractivity contribution in [1.29, 1.82) is 0 Å². The van der Waals surface area contributed by atoms with E-state index >= 15 is 0 Å². The average Bonchev–Trinajstić information content (AvgIpc) is 2.93. The molecule has 0 saturated carbocycles. The molecule has 1 aliphatic carbocycles. The summed E-state index contributed by atoms with van der Waals surface area (Å²) in [5.41, 5.74) is 0.369. The van der Waals surface area contributed by atoms with Gasteiger partial charge in [0, 0.05) is 5.56 Å². The molecule has 102 valence electrons. The van der Waals surface area contributed by atoms with Crippen LogP contribution in [0.3, 0.4) is 0 Å². The Morgan fingerprint density at radius 2 is 2.00 bits per heavy atom. The first-order valence-corrected chi connectivity index (χ1v) is 7.78. The molecule has 0 N–H and O–H groups in total. The molecule has 2 rings (SSSR count). The molecule has 1 aromatic carbocycles. The molecule has 0 radical (unpaired) electrons. The van der Waals surface area contributed by atoms with E-state index in [1.165, 1.54) is 7.11 Å². The van der Waals surface area contributed by atoms with Gasteiger partial charge in [-0.3, -0.25) is 4.79 Å². The first-order valence-electron chi connectivity index (χ1n) is 6.07. The summed E-state index contributed by atoms with van der Waals surface area (Å²) >= 11 is 0. The maximum atomic E-state index is 12.1. The zero-order valence-corrected chi connectivity index (χ0v) is 11.5. The Morgan fingerprint density at radius 3 is 2.63 bits per heavy atom. The lowest BCUT2D eigenvalue weighted by atomic mass is 10.1. The highest BCUT2D eigenvalue weighted by Gasteiger charge is 2.28. The summed E-state index contributed by atoms with van der Waals surface area (Å²) in [7, 11) is -1.88. The van der Waals surface area contributed by atoms with Gasteiger partial charge in [0.2, 0.25) is 0 Å². The van der Waals surface area contributed by atoms with Crippen molar-refractivity contribution >= 4 is 15.6 Å². The average molecular weight is 280 g/mol. The lowest BCUT2D eigenvalue weighted by Crippen LogP contribution is -2.26. The van der Waals surface area contributed by atoms with Gasteiger partial charge in [0.1, 0.15) is 11.5 Å². The van der Waals surface area contributed by atoms with E-state index in [2.05, 4.69) is 0 Å². The lowest BCUT2D eigenvalue weighted by molar-refractivity contribution is 0.102. The highest BCUT2D eigenvalue weighted by atomic mass is 32.2. The number of sulfone groups is 1. The van der Waals surface area contributed by atoms with Gasteiger partial charge < -0.3 is 4.74 Å². The lowest BCUT2D eigenvalue weighted by Gasteiger charge is -2.10. The summed E-state index contributed by atoms with van der Waals surface area (Å²) in [5.74, 6) is -0.274. The number of ether oxygens (including phenoxy) is 1. The van der Waals surface area contributed by atoms with Gasteiger partial charge in [-0.15, -0.1) is 0 Å². The van der Waals surface area contributed by atoms with Gasteiger partial charge in [-0.2, -0.15) is 0 Å². The number of Topliss-reactive ketones (excluding diaryl/α,β-unsaturated/α-hetero) is 1. The zero-order chi connectivity index (χ0) is 13.9. The van der Waals surface area contributed by atoms with Crippen molar-refractivity contribution in [2.75, 3.05) is 12.9 Å². The first-order chi connectivity index (χ1) is 9.03. The van der Waals surface area contributed by atoms with Crippen molar-refractivity contribution < 1.29 is 17.9 Å². The molecular formula is C14H16O4S. The predicted octanol–water partition coefficient (Wildman–Crippen LogP) is 2.01. The third kappa shape index (κ3) is 3.23. The van der Waals surface area contributed by atoms with Crippen molar-refractivity contribution in [2.24, 2.45) is 0 Å². The second-order valence-corrected chi connectivity index (χ2v) is 6.81. The predicted molar refractivity (Wildman–Crippen MR) is 73.3 cm³/mol. The topological polar surface area (TPSA) is 60.4 Å². The standard InChI is InChI=1S/C14H16O4S/c1-18-12-6-4-5-11(9-12)14(15)10-19(16,17)13-7-2-3-8-13/h2-6,9,13H,7-8,10H2,1H3. The quantitative estimate of drug-likeness (QED) is 0.611. The second kappa shape index (κ2) is 5.57. The van der Waals surface area contributed by atoms with Crippen LogP contribution in [0.15, 0.2) is 36.4 Å². The van der Waals surface area contributed by atoms with Crippen molar-refractivity contribution in [3.05, 3.63) is 42.0 Å². The molecule has 0 spiro atoms. The van der Waals surface area contributed by atoms with Crippen molar-refractivity contribution in [3.8, 4) is 5.75 Å². The fourth-order valence-electron chi connectivity index (χ4n) is 2.07. The van der Waals surface area contributed by atoms with Gasteiger partial charge in [0.05, 0.1) is 12.4 Å². The monoisotopic (exact) mass is 280 g/mol. The second-order valence-electron chi connectivity index (χ2n) is 4.53. The van der Waals surface area contributed by atoms with Crippen LogP contribution in [0, 0.1) is 0 Å². The minimum atomic E-state index is -3.38. The number of allylic oxidation sites excluding steroid dienone is 2. The molecule has 0 bridgehead atoms. The van der Waals surface area contributed by atoms with E-state index in [0.29, 0.717) is 24.2 Å². The van der Waals surface area contributed by atoms with Gasteiger partial charge in [0.15, 0.2) is 15.6 Å². The third-order valence-electron chi connectivity index (χ3n) is 3.20. The number of benzene rings is 1. The molecule has 4 nitrogen and oxygen atoms in total. The number of ketones is 1. The Bertz CT molecular complexity index is 594. The molecule has 0 atom stereocenters. The van der Waals surface area contributed by atoms with Crippen LogP contribution < -0.4 is 4.74 Å². The van der Waals surface area contributed by atoms with Crippen LogP contribution in [0.1, 0.15) is 23.2 Å². The van der Waals surface area contributed by atoms with Gasteiger partial charge in [-0.05, 0) is 25.0 Å². The fraction of sp³-hybridized carbons (Fsp3) is 0.357. The van der Waals surface area contributed by atoms with E-state index in [1.807, 2.05) is 12.2 Å². The molecule has 19 heavy (non-hydrogen) atoms. The van der Waals surface area contributed by atoms with Crippen LogP contribution in [0.4, 0.5) is 0 Å². The Kier molecular flexibility index (Phi) is 4.04. The zero-order valence-electron chi connectivity index (χ0n) is 10.7. The van der Waals surface area contributed by atoms with Gasteiger partial charge >= 0.3 is 0 Å². The highest BCUT2D eigenvalue weighted by molar-refractivity contribution is 7.92. The minimum absolute atomic E-state index is 0.369. The Balaban J connectivity index is 2.12. The number of rotatable bonds is 5. The molecule has 0 saturated heterocycles. The van der Waals surface area contributed by atoms with Crippen LogP contribution in [-0.4, -0.2) is 32.3 Å². The van der Waals surface area contributed by atoms with Crippen LogP contribution in [0.2, 0.25) is 0 Å². The molecule has 0 fully saturated rings. The molecule has 0 unspecified atom stereocenters. The van der Waals surface area contributed by atoms with E-state index in [0.717, 1.165) is 0 Å². The molecule has 0 heterocycles. The SMILES string of the molecule is COc1cccc(C(=O)CS(=O)(=O)C2CC=CC2)c1. The normalized spacial score (nSPS) is 15.6. The smallest absolute Gasteiger partial charge is 0.178 e. The summed E-state index contributed by atoms with van der Waals surface area (Å²) in [6.07, 6.45) is 4.71. The molecule has 1 aromatic rings. The molecular weight excluding hydrogens is 264 g/mol. The Labute approximate surface area is 113 Å². The maximum Gasteiger partial charge on any atom is 0.178 e. The summed E-state index contributed by atoms with van der Waals surface area (Å²) in [6.45, 7) is 0. The molecule has 5 heteroatoms. The maximum absolute atomic E-state index is 12.1. The number of methoxy groups -OCH3 is 1. The summed E-state index contributed by atoms with van der Waals surface area (Å²) in [5, 5.41) is -0.443. The largest absolute Gasteiger partial charge is 0.497 e.